The smallest absolute Gasteiger partial charge is 0.134 e. The summed E-state index contributed by atoms with van der Waals surface area (Å²) in [5, 5.41) is 0. The lowest BCUT2D eigenvalue weighted by atomic mass is 9.89. The van der Waals surface area contributed by atoms with Crippen LogP contribution in [0.3, 0.4) is 0 Å². The zero-order valence-corrected chi connectivity index (χ0v) is 9.97. The molecule has 0 radical (unpaired) electrons. The first kappa shape index (κ1) is 12.2. The summed E-state index contributed by atoms with van der Waals surface area (Å²) in [5.41, 5.74) is 7.40. The maximum Gasteiger partial charge on any atom is 0.134 e. The second-order valence-corrected chi connectivity index (χ2v) is 4.59. The molecule has 1 atom stereocenters. The maximum atomic E-state index is 13.9. The molecule has 1 aliphatic rings. The molecular formula is C14H17F2N. The standard InChI is InChI=1S/C14H17F2N/c1-9-7-8-11(15)12(13(9)16)14(17)10-5-3-2-4-6-10/h5,7-8,14H,2-4,6,17H2,1H3. The van der Waals surface area contributed by atoms with E-state index in [0.717, 1.165) is 31.3 Å². The van der Waals surface area contributed by atoms with Crippen LogP contribution in [0.25, 0.3) is 0 Å². The highest BCUT2D eigenvalue weighted by Gasteiger charge is 2.22. The van der Waals surface area contributed by atoms with Crippen molar-refractivity contribution in [1.29, 1.82) is 0 Å². The number of nitrogens with two attached hydrogens (primary N) is 1. The van der Waals surface area contributed by atoms with Crippen LogP contribution >= 0.6 is 0 Å². The summed E-state index contributed by atoms with van der Waals surface area (Å²) in [7, 11) is 0. The SMILES string of the molecule is Cc1ccc(F)c(C(N)C2=CCCCC2)c1F. The minimum atomic E-state index is -0.643. The third-order valence-electron chi connectivity index (χ3n) is 3.36. The van der Waals surface area contributed by atoms with Crippen molar-refractivity contribution in [3.63, 3.8) is 0 Å². The summed E-state index contributed by atoms with van der Waals surface area (Å²) < 4.78 is 27.6. The molecule has 3 heteroatoms. The lowest BCUT2D eigenvalue weighted by Gasteiger charge is -2.21. The van der Waals surface area contributed by atoms with Gasteiger partial charge in [-0.25, -0.2) is 8.78 Å². The van der Waals surface area contributed by atoms with Gasteiger partial charge in [0, 0.05) is 5.56 Å². The Bertz CT molecular complexity index is 452. The normalized spacial score (nSPS) is 17.8. The molecule has 0 amide bonds. The number of halogens is 2. The predicted molar refractivity (Wildman–Crippen MR) is 64.6 cm³/mol. The number of hydrogen-bond acceptors (Lipinski definition) is 1. The Kier molecular flexibility index (Phi) is 3.57. The van der Waals surface area contributed by atoms with E-state index in [1.807, 2.05) is 6.08 Å². The number of rotatable bonds is 2. The minimum absolute atomic E-state index is 0.0122. The molecule has 1 nitrogen and oxygen atoms in total. The Morgan fingerprint density at radius 2 is 2.00 bits per heavy atom. The average Bonchev–Trinajstić information content (AvgIpc) is 2.35. The fourth-order valence-corrected chi connectivity index (χ4v) is 2.29. The Hall–Kier alpha value is -1.22. The highest BCUT2D eigenvalue weighted by molar-refractivity contribution is 5.34. The molecule has 0 aromatic heterocycles. The van der Waals surface area contributed by atoms with Crippen LogP contribution in [0.15, 0.2) is 23.8 Å². The summed E-state index contributed by atoms with van der Waals surface area (Å²) in [6, 6.07) is 2.09. The average molecular weight is 237 g/mol. The van der Waals surface area contributed by atoms with E-state index in [4.69, 9.17) is 5.73 Å². The monoisotopic (exact) mass is 237 g/mol. The summed E-state index contributed by atoms with van der Waals surface area (Å²) in [6.07, 6.45) is 6.01. The molecule has 0 spiro atoms. The number of allylic oxidation sites excluding steroid dienone is 1. The van der Waals surface area contributed by atoms with Gasteiger partial charge in [0.15, 0.2) is 0 Å². The Balaban J connectivity index is 2.39. The molecule has 2 rings (SSSR count). The van der Waals surface area contributed by atoms with Gasteiger partial charge in [-0.15, -0.1) is 0 Å². The van der Waals surface area contributed by atoms with E-state index in [-0.39, 0.29) is 5.56 Å². The van der Waals surface area contributed by atoms with E-state index in [1.165, 1.54) is 12.1 Å². The van der Waals surface area contributed by atoms with Gasteiger partial charge in [0.25, 0.3) is 0 Å². The topological polar surface area (TPSA) is 26.0 Å². The van der Waals surface area contributed by atoms with Gasteiger partial charge >= 0.3 is 0 Å². The lowest BCUT2D eigenvalue weighted by molar-refractivity contribution is 0.527. The van der Waals surface area contributed by atoms with Crippen molar-refractivity contribution in [2.75, 3.05) is 0 Å². The van der Waals surface area contributed by atoms with Crippen molar-refractivity contribution >= 4 is 0 Å². The van der Waals surface area contributed by atoms with Crippen LogP contribution < -0.4 is 5.73 Å². The molecule has 0 bridgehead atoms. The van der Waals surface area contributed by atoms with Gasteiger partial charge in [0.05, 0.1) is 6.04 Å². The molecular weight excluding hydrogens is 220 g/mol. The van der Waals surface area contributed by atoms with E-state index in [9.17, 15) is 8.78 Å². The highest BCUT2D eigenvalue weighted by Crippen LogP contribution is 2.31. The van der Waals surface area contributed by atoms with Gasteiger partial charge in [-0.05, 0) is 44.2 Å². The van der Waals surface area contributed by atoms with Gasteiger partial charge < -0.3 is 5.73 Å². The third kappa shape index (κ3) is 2.39. The Morgan fingerprint density at radius 3 is 2.65 bits per heavy atom. The number of hydrogen-bond donors (Lipinski definition) is 1. The minimum Gasteiger partial charge on any atom is -0.320 e. The number of aryl methyl sites for hydroxylation is 1. The largest absolute Gasteiger partial charge is 0.320 e. The summed E-state index contributed by atoms with van der Waals surface area (Å²) in [6.45, 7) is 1.63. The van der Waals surface area contributed by atoms with Gasteiger partial charge in [-0.2, -0.15) is 0 Å². The lowest BCUT2D eigenvalue weighted by Crippen LogP contribution is -2.18. The van der Waals surface area contributed by atoms with Crippen molar-refractivity contribution in [2.24, 2.45) is 5.73 Å². The van der Waals surface area contributed by atoms with Crippen LogP contribution in [0.5, 0.6) is 0 Å². The van der Waals surface area contributed by atoms with Crippen LogP contribution in [0.4, 0.5) is 8.78 Å². The molecule has 1 unspecified atom stereocenters. The van der Waals surface area contributed by atoms with Crippen LogP contribution in [-0.2, 0) is 0 Å². The van der Waals surface area contributed by atoms with Gasteiger partial charge in [-0.1, -0.05) is 17.7 Å². The van der Waals surface area contributed by atoms with Crippen molar-refractivity contribution in [3.05, 3.63) is 46.5 Å². The molecule has 0 saturated heterocycles. The fraction of sp³-hybridized carbons (Fsp3) is 0.429. The van der Waals surface area contributed by atoms with Crippen molar-refractivity contribution in [1.82, 2.24) is 0 Å². The molecule has 0 aliphatic heterocycles. The summed E-state index contributed by atoms with van der Waals surface area (Å²) in [4.78, 5) is 0. The number of benzene rings is 1. The van der Waals surface area contributed by atoms with E-state index >= 15 is 0 Å². The molecule has 1 aromatic carbocycles. The second kappa shape index (κ2) is 4.96. The summed E-state index contributed by atoms with van der Waals surface area (Å²) >= 11 is 0. The highest BCUT2D eigenvalue weighted by atomic mass is 19.1. The van der Waals surface area contributed by atoms with Gasteiger partial charge in [0.2, 0.25) is 0 Å². The van der Waals surface area contributed by atoms with E-state index in [2.05, 4.69) is 0 Å². The Labute approximate surface area is 100 Å². The zero-order valence-electron chi connectivity index (χ0n) is 9.97. The predicted octanol–water partition coefficient (Wildman–Crippen LogP) is 3.77. The maximum absolute atomic E-state index is 13.9. The molecule has 0 saturated carbocycles. The quantitative estimate of drug-likeness (QED) is 0.778. The van der Waals surface area contributed by atoms with Gasteiger partial charge in [0.1, 0.15) is 11.6 Å². The van der Waals surface area contributed by atoms with E-state index < -0.39 is 17.7 Å². The van der Waals surface area contributed by atoms with Crippen LogP contribution in [0, 0.1) is 18.6 Å². The first-order valence-electron chi connectivity index (χ1n) is 6.00. The van der Waals surface area contributed by atoms with Crippen molar-refractivity contribution < 1.29 is 8.78 Å². The van der Waals surface area contributed by atoms with Crippen LogP contribution in [0.2, 0.25) is 0 Å². The van der Waals surface area contributed by atoms with Gasteiger partial charge in [-0.3, -0.25) is 0 Å². The summed E-state index contributed by atoms with van der Waals surface area (Å²) in [5.74, 6) is -1.06. The first-order valence-corrected chi connectivity index (χ1v) is 6.00. The first-order chi connectivity index (χ1) is 8.11. The molecule has 0 heterocycles. The molecule has 1 aromatic rings. The molecule has 0 fully saturated rings. The zero-order chi connectivity index (χ0) is 12.4. The third-order valence-corrected chi connectivity index (χ3v) is 3.36. The molecule has 17 heavy (non-hydrogen) atoms. The van der Waals surface area contributed by atoms with Crippen LogP contribution in [0.1, 0.15) is 42.9 Å². The molecule has 1 aliphatic carbocycles. The van der Waals surface area contributed by atoms with Crippen molar-refractivity contribution in [2.45, 2.75) is 38.6 Å². The molecule has 92 valence electrons. The van der Waals surface area contributed by atoms with E-state index in [0.29, 0.717) is 5.56 Å². The van der Waals surface area contributed by atoms with Crippen LogP contribution in [-0.4, -0.2) is 0 Å². The molecule has 2 N–H and O–H groups in total. The second-order valence-electron chi connectivity index (χ2n) is 4.59. The van der Waals surface area contributed by atoms with E-state index in [1.54, 1.807) is 6.92 Å². The Morgan fingerprint density at radius 1 is 1.24 bits per heavy atom. The van der Waals surface area contributed by atoms with Crippen molar-refractivity contribution in [3.8, 4) is 0 Å². The fourth-order valence-electron chi connectivity index (χ4n) is 2.29.